The molecule has 0 saturated heterocycles. The van der Waals surface area contributed by atoms with Crippen molar-refractivity contribution in [2.45, 2.75) is 26.7 Å². The monoisotopic (exact) mass is 240 g/mol. The molecule has 0 aliphatic carbocycles. The van der Waals surface area contributed by atoms with Gasteiger partial charge in [0.2, 0.25) is 5.91 Å². The van der Waals surface area contributed by atoms with E-state index in [9.17, 15) is 9.59 Å². The summed E-state index contributed by atoms with van der Waals surface area (Å²) < 4.78 is 0. The average molecular weight is 240 g/mol. The molecule has 0 radical (unpaired) electrons. The second-order valence-corrected chi connectivity index (χ2v) is 4.71. The second kappa shape index (κ2) is 5.65. The van der Waals surface area contributed by atoms with Crippen molar-refractivity contribution in [1.29, 1.82) is 0 Å². The van der Waals surface area contributed by atoms with Crippen LogP contribution in [0.1, 0.15) is 36.4 Å². The number of nitrogens with one attached hydrogen (secondary N) is 1. The van der Waals surface area contributed by atoms with E-state index in [1.54, 1.807) is 11.4 Å². The third-order valence-electron chi connectivity index (χ3n) is 2.39. The molecule has 1 aromatic heterocycles. The lowest BCUT2D eigenvalue weighted by Gasteiger charge is -2.08. The normalized spacial score (nSPS) is 12.1. The molecule has 16 heavy (non-hydrogen) atoms. The number of nitrogens with two attached hydrogens (primary N) is 1. The van der Waals surface area contributed by atoms with Crippen molar-refractivity contribution in [2.75, 3.05) is 5.32 Å². The van der Waals surface area contributed by atoms with Crippen molar-refractivity contribution >= 4 is 28.8 Å². The fraction of sp³-hybridized carbons (Fsp3) is 0.455. The second-order valence-electron chi connectivity index (χ2n) is 3.79. The van der Waals surface area contributed by atoms with E-state index in [-0.39, 0.29) is 5.91 Å². The molecule has 1 aromatic rings. The van der Waals surface area contributed by atoms with Gasteiger partial charge in [0, 0.05) is 6.42 Å². The van der Waals surface area contributed by atoms with E-state index in [0.717, 1.165) is 6.42 Å². The summed E-state index contributed by atoms with van der Waals surface area (Å²) in [7, 11) is 0. The topological polar surface area (TPSA) is 72.2 Å². The van der Waals surface area contributed by atoms with Crippen LogP contribution in [0.3, 0.4) is 0 Å². The first-order valence-corrected chi connectivity index (χ1v) is 6.09. The molecule has 0 aliphatic rings. The minimum absolute atomic E-state index is 0.0738. The zero-order chi connectivity index (χ0) is 12.1. The number of thiophene rings is 1. The van der Waals surface area contributed by atoms with Crippen molar-refractivity contribution in [3.8, 4) is 0 Å². The molecule has 1 atom stereocenters. The van der Waals surface area contributed by atoms with Gasteiger partial charge in [-0.3, -0.25) is 9.59 Å². The van der Waals surface area contributed by atoms with Gasteiger partial charge in [0.1, 0.15) is 4.88 Å². The Balaban J connectivity index is 2.63. The Labute approximate surface area is 98.8 Å². The maximum Gasteiger partial charge on any atom is 0.260 e. The van der Waals surface area contributed by atoms with Crippen molar-refractivity contribution in [1.82, 2.24) is 0 Å². The van der Waals surface area contributed by atoms with Gasteiger partial charge in [-0.15, -0.1) is 11.3 Å². The van der Waals surface area contributed by atoms with E-state index in [1.807, 2.05) is 13.8 Å². The molecule has 0 saturated carbocycles. The average Bonchev–Trinajstić information content (AvgIpc) is 2.65. The summed E-state index contributed by atoms with van der Waals surface area (Å²) in [6.07, 6.45) is 1.42. The standard InChI is InChI=1S/C11H16N2O2S/c1-3-7(2)6-9(14)13-8-4-5-16-10(8)11(12)15/h4-5,7H,3,6H2,1-2H3,(H2,12,15)(H,13,14). The quantitative estimate of drug-likeness (QED) is 0.828. The highest BCUT2D eigenvalue weighted by Crippen LogP contribution is 2.22. The third kappa shape index (κ3) is 3.34. The van der Waals surface area contributed by atoms with E-state index in [2.05, 4.69) is 5.32 Å². The van der Waals surface area contributed by atoms with Crippen LogP contribution < -0.4 is 11.1 Å². The van der Waals surface area contributed by atoms with Gasteiger partial charge in [0.05, 0.1) is 5.69 Å². The summed E-state index contributed by atoms with van der Waals surface area (Å²) in [5.41, 5.74) is 5.70. The van der Waals surface area contributed by atoms with Crippen molar-refractivity contribution in [3.63, 3.8) is 0 Å². The van der Waals surface area contributed by atoms with Gasteiger partial charge >= 0.3 is 0 Å². The first kappa shape index (κ1) is 12.7. The number of hydrogen-bond donors (Lipinski definition) is 2. The van der Waals surface area contributed by atoms with Gasteiger partial charge < -0.3 is 11.1 Å². The molecule has 0 aliphatic heterocycles. The first-order chi connectivity index (χ1) is 7.54. The molecular formula is C11H16N2O2S. The predicted molar refractivity (Wildman–Crippen MR) is 65.5 cm³/mol. The van der Waals surface area contributed by atoms with Crippen LogP contribution in [0.5, 0.6) is 0 Å². The van der Waals surface area contributed by atoms with E-state index in [0.29, 0.717) is 22.9 Å². The van der Waals surface area contributed by atoms with Crippen LogP contribution in [0.4, 0.5) is 5.69 Å². The number of anilines is 1. The Morgan fingerprint density at radius 3 is 2.81 bits per heavy atom. The summed E-state index contributed by atoms with van der Waals surface area (Å²) >= 11 is 1.24. The zero-order valence-corrected chi connectivity index (χ0v) is 10.3. The molecule has 3 N–H and O–H groups in total. The smallest absolute Gasteiger partial charge is 0.260 e. The molecule has 0 aromatic carbocycles. The fourth-order valence-corrected chi connectivity index (χ4v) is 1.96. The fourth-order valence-electron chi connectivity index (χ4n) is 1.26. The minimum atomic E-state index is -0.506. The Bertz CT molecular complexity index is 387. The Morgan fingerprint density at radius 2 is 2.25 bits per heavy atom. The molecular weight excluding hydrogens is 224 g/mol. The Kier molecular flexibility index (Phi) is 4.49. The number of amides is 2. The van der Waals surface area contributed by atoms with Crippen LogP contribution in [0, 0.1) is 5.92 Å². The summed E-state index contributed by atoms with van der Waals surface area (Å²) in [6, 6.07) is 1.69. The lowest BCUT2D eigenvalue weighted by molar-refractivity contribution is -0.117. The van der Waals surface area contributed by atoms with Crippen LogP contribution in [-0.2, 0) is 4.79 Å². The predicted octanol–water partition coefficient (Wildman–Crippen LogP) is 2.22. The largest absolute Gasteiger partial charge is 0.365 e. The number of rotatable bonds is 5. The van der Waals surface area contributed by atoms with E-state index >= 15 is 0 Å². The van der Waals surface area contributed by atoms with Crippen molar-refractivity contribution < 1.29 is 9.59 Å². The molecule has 2 amide bonds. The highest BCUT2D eigenvalue weighted by Gasteiger charge is 2.13. The summed E-state index contributed by atoms with van der Waals surface area (Å²) in [4.78, 5) is 23.0. The minimum Gasteiger partial charge on any atom is -0.365 e. The van der Waals surface area contributed by atoms with Crippen LogP contribution in [0.15, 0.2) is 11.4 Å². The van der Waals surface area contributed by atoms with E-state index in [4.69, 9.17) is 5.73 Å². The van der Waals surface area contributed by atoms with Crippen LogP contribution >= 0.6 is 11.3 Å². The molecule has 1 heterocycles. The lowest BCUT2D eigenvalue weighted by atomic mass is 10.1. The lowest BCUT2D eigenvalue weighted by Crippen LogP contribution is -2.17. The van der Waals surface area contributed by atoms with Crippen molar-refractivity contribution in [2.24, 2.45) is 11.7 Å². The van der Waals surface area contributed by atoms with Gasteiger partial charge in [0.25, 0.3) is 5.91 Å². The number of hydrogen-bond acceptors (Lipinski definition) is 3. The van der Waals surface area contributed by atoms with Gasteiger partial charge in [-0.2, -0.15) is 0 Å². The molecule has 1 unspecified atom stereocenters. The van der Waals surface area contributed by atoms with E-state index in [1.165, 1.54) is 11.3 Å². The van der Waals surface area contributed by atoms with Crippen LogP contribution in [0.2, 0.25) is 0 Å². The van der Waals surface area contributed by atoms with Crippen molar-refractivity contribution in [3.05, 3.63) is 16.3 Å². The van der Waals surface area contributed by atoms with Gasteiger partial charge in [-0.1, -0.05) is 20.3 Å². The maximum atomic E-state index is 11.6. The SMILES string of the molecule is CCC(C)CC(=O)Nc1ccsc1C(N)=O. The molecule has 0 bridgehead atoms. The zero-order valence-electron chi connectivity index (χ0n) is 9.45. The molecule has 0 spiro atoms. The summed E-state index contributed by atoms with van der Waals surface area (Å²) in [6.45, 7) is 4.06. The highest BCUT2D eigenvalue weighted by atomic mass is 32.1. The third-order valence-corrected chi connectivity index (χ3v) is 3.32. The number of carbonyl (C=O) groups is 2. The first-order valence-electron chi connectivity index (χ1n) is 5.21. The molecule has 5 heteroatoms. The van der Waals surface area contributed by atoms with Gasteiger partial charge in [-0.05, 0) is 17.4 Å². The molecule has 4 nitrogen and oxygen atoms in total. The number of primary amides is 1. The Morgan fingerprint density at radius 1 is 1.56 bits per heavy atom. The van der Waals surface area contributed by atoms with E-state index < -0.39 is 5.91 Å². The Hall–Kier alpha value is -1.36. The molecule has 88 valence electrons. The molecule has 1 rings (SSSR count). The van der Waals surface area contributed by atoms with Gasteiger partial charge in [0.15, 0.2) is 0 Å². The summed E-state index contributed by atoms with van der Waals surface area (Å²) in [5.74, 6) is -0.236. The molecule has 0 fully saturated rings. The highest BCUT2D eigenvalue weighted by molar-refractivity contribution is 7.12. The van der Waals surface area contributed by atoms with Crippen LogP contribution in [0.25, 0.3) is 0 Å². The van der Waals surface area contributed by atoms with Crippen LogP contribution in [-0.4, -0.2) is 11.8 Å². The maximum absolute atomic E-state index is 11.6. The number of carbonyl (C=O) groups excluding carboxylic acids is 2. The summed E-state index contributed by atoms with van der Waals surface area (Å²) in [5, 5.41) is 4.44. The van der Waals surface area contributed by atoms with Gasteiger partial charge in [-0.25, -0.2) is 0 Å².